The van der Waals surface area contributed by atoms with E-state index in [4.69, 9.17) is 21.5 Å². The summed E-state index contributed by atoms with van der Waals surface area (Å²) < 4.78 is 21.2. The van der Waals surface area contributed by atoms with E-state index in [1.807, 2.05) is 0 Å². The van der Waals surface area contributed by atoms with Gasteiger partial charge >= 0.3 is 5.97 Å². The molecule has 0 aliphatic rings. The summed E-state index contributed by atoms with van der Waals surface area (Å²) in [5.41, 5.74) is 5.16. The quantitative estimate of drug-likeness (QED) is 0.826. The molecule has 1 atom stereocenters. The van der Waals surface area contributed by atoms with Crippen molar-refractivity contribution in [3.63, 3.8) is 0 Å². The van der Waals surface area contributed by atoms with Gasteiger partial charge in [-0.1, -0.05) is 32.0 Å². The molecule has 0 aromatic heterocycles. The van der Waals surface area contributed by atoms with E-state index < -0.39 is 21.1 Å². The highest BCUT2D eigenvalue weighted by Gasteiger charge is 2.14. The fourth-order valence-electron chi connectivity index (χ4n) is 0.868. The number of aliphatic carboxylic acids is 1. The van der Waals surface area contributed by atoms with E-state index in [9.17, 15) is 13.2 Å². The Kier molecular flexibility index (Phi) is 6.90. The first-order valence-electron chi connectivity index (χ1n) is 5.14. The largest absolute Gasteiger partial charge is 0.480 e. The summed E-state index contributed by atoms with van der Waals surface area (Å²) in [6.07, 6.45) is 0. The number of carboxylic acids is 1. The molecule has 1 aromatic carbocycles. The van der Waals surface area contributed by atoms with E-state index >= 15 is 0 Å². The first kappa shape index (κ1) is 16.9. The Morgan fingerprint density at radius 2 is 1.72 bits per heavy atom. The lowest BCUT2D eigenvalue weighted by molar-refractivity contribution is -0.139. The molecular weight excluding hydrogens is 278 g/mol. The maximum absolute atomic E-state index is 10.6. The van der Waals surface area contributed by atoms with Gasteiger partial charge in [0.25, 0.3) is 9.05 Å². The van der Waals surface area contributed by atoms with Crippen molar-refractivity contribution in [2.75, 3.05) is 0 Å². The van der Waals surface area contributed by atoms with E-state index in [1.165, 1.54) is 12.1 Å². The Morgan fingerprint density at radius 1 is 1.28 bits per heavy atom. The Labute approximate surface area is 111 Å². The molecule has 5 nitrogen and oxygen atoms in total. The number of benzene rings is 1. The molecule has 1 rings (SSSR count). The Balaban J connectivity index is 0.000000331. The number of rotatable bonds is 3. The topological polar surface area (TPSA) is 97.5 Å². The predicted molar refractivity (Wildman–Crippen MR) is 69.9 cm³/mol. The molecule has 0 aliphatic heterocycles. The Morgan fingerprint density at radius 3 is 1.89 bits per heavy atom. The van der Waals surface area contributed by atoms with Crippen LogP contribution in [0.25, 0.3) is 0 Å². The minimum Gasteiger partial charge on any atom is -0.480 e. The number of hydrogen-bond acceptors (Lipinski definition) is 4. The van der Waals surface area contributed by atoms with E-state index in [-0.39, 0.29) is 10.8 Å². The predicted octanol–water partition coefficient (Wildman–Crippen LogP) is 1.67. The summed E-state index contributed by atoms with van der Waals surface area (Å²) in [5, 5.41) is 8.23. The maximum atomic E-state index is 10.6. The molecule has 0 amide bonds. The van der Waals surface area contributed by atoms with Crippen LogP contribution >= 0.6 is 10.7 Å². The summed E-state index contributed by atoms with van der Waals surface area (Å²) in [6, 6.07) is 7.15. The Bertz CT molecular complexity index is 473. The van der Waals surface area contributed by atoms with Gasteiger partial charge in [-0.15, -0.1) is 0 Å². The van der Waals surface area contributed by atoms with Crippen LogP contribution in [0.15, 0.2) is 35.2 Å². The molecule has 0 radical (unpaired) electrons. The molecule has 7 heteroatoms. The smallest absolute Gasteiger partial charge is 0.320 e. The second kappa shape index (κ2) is 7.35. The third-order valence-electron chi connectivity index (χ3n) is 2.03. The van der Waals surface area contributed by atoms with Crippen LogP contribution < -0.4 is 5.73 Å². The zero-order valence-corrected chi connectivity index (χ0v) is 11.6. The molecule has 0 unspecified atom stereocenters. The third-order valence-corrected chi connectivity index (χ3v) is 3.40. The zero-order chi connectivity index (χ0) is 14.3. The van der Waals surface area contributed by atoms with Crippen LogP contribution in [0, 0.1) is 5.92 Å². The second-order valence-corrected chi connectivity index (χ2v) is 6.42. The first-order valence-corrected chi connectivity index (χ1v) is 7.45. The lowest BCUT2D eigenvalue weighted by Crippen LogP contribution is -2.34. The van der Waals surface area contributed by atoms with Gasteiger partial charge in [0.15, 0.2) is 0 Å². The van der Waals surface area contributed by atoms with Gasteiger partial charge in [-0.3, -0.25) is 4.79 Å². The fraction of sp³-hybridized carbons (Fsp3) is 0.364. The molecule has 0 aliphatic carbocycles. The lowest BCUT2D eigenvalue weighted by atomic mass is 10.1. The van der Waals surface area contributed by atoms with Gasteiger partial charge in [-0.05, 0) is 18.1 Å². The van der Waals surface area contributed by atoms with Crippen molar-refractivity contribution in [2.24, 2.45) is 11.7 Å². The minimum atomic E-state index is -3.53. The van der Waals surface area contributed by atoms with Crippen LogP contribution in [0.2, 0.25) is 0 Å². The molecule has 0 saturated carbocycles. The SMILES string of the molecule is CC(C)[C@H](N)C(=O)O.O=S(=O)(Cl)c1ccccc1. The molecule has 0 heterocycles. The molecule has 102 valence electrons. The lowest BCUT2D eigenvalue weighted by Gasteiger charge is -2.07. The van der Waals surface area contributed by atoms with Gasteiger partial charge in [-0.25, -0.2) is 8.42 Å². The molecule has 0 spiro atoms. The average molecular weight is 294 g/mol. The normalized spacial score (nSPS) is 12.5. The third kappa shape index (κ3) is 6.58. The van der Waals surface area contributed by atoms with Gasteiger partial charge in [-0.2, -0.15) is 0 Å². The van der Waals surface area contributed by atoms with E-state index in [2.05, 4.69) is 0 Å². The summed E-state index contributed by atoms with van der Waals surface area (Å²) in [4.78, 5) is 10.2. The summed E-state index contributed by atoms with van der Waals surface area (Å²) in [5.74, 6) is -0.910. The van der Waals surface area contributed by atoms with Crippen LogP contribution in [0.4, 0.5) is 0 Å². The summed E-state index contributed by atoms with van der Waals surface area (Å²) >= 11 is 0. The fourth-order valence-corrected chi connectivity index (χ4v) is 1.66. The molecule has 18 heavy (non-hydrogen) atoms. The number of carboxylic acid groups (broad SMARTS) is 1. The maximum Gasteiger partial charge on any atom is 0.320 e. The molecule has 0 saturated heterocycles. The van der Waals surface area contributed by atoms with Crippen molar-refractivity contribution in [3.05, 3.63) is 30.3 Å². The minimum absolute atomic E-state index is 0.0208. The van der Waals surface area contributed by atoms with E-state index in [0.717, 1.165) is 0 Å². The molecular formula is C11H16ClNO4S. The molecule has 0 fully saturated rings. The van der Waals surface area contributed by atoms with Crippen LogP contribution in [0.5, 0.6) is 0 Å². The van der Waals surface area contributed by atoms with Crippen molar-refractivity contribution in [3.8, 4) is 0 Å². The standard InChI is InChI=1S/C6H5ClO2S.C5H11NO2/c7-10(8,9)6-4-2-1-3-5-6;1-3(2)4(6)5(7)8/h1-5H;3-4H,6H2,1-2H3,(H,7,8)/t;4-/m.0/s1. The van der Waals surface area contributed by atoms with Gasteiger partial charge in [0.1, 0.15) is 6.04 Å². The van der Waals surface area contributed by atoms with Crippen molar-refractivity contribution in [2.45, 2.75) is 24.8 Å². The molecule has 3 N–H and O–H groups in total. The van der Waals surface area contributed by atoms with Gasteiger partial charge in [0.2, 0.25) is 0 Å². The second-order valence-electron chi connectivity index (χ2n) is 3.86. The number of nitrogens with two attached hydrogens (primary N) is 1. The van der Waals surface area contributed by atoms with Crippen molar-refractivity contribution in [1.82, 2.24) is 0 Å². The van der Waals surface area contributed by atoms with Crippen molar-refractivity contribution < 1.29 is 18.3 Å². The first-order chi connectivity index (χ1) is 8.16. The molecule has 0 bridgehead atoms. The highest BCUT2D eigenvalue weighted by atomic mass is 35.7. The van der Waals surface area contributed by atoms with E-state index in [0.29, 0.717) is 0 Å². The molecule has 1 aromatic rings. The number of carbonyl (C=O) groups is 1. The van der Waals surface area contributed by atoms with Crippen LogP contribution in [-0.2, 0) is 13.8 Å². The summed E-state index contributed by atoms with van der Waals surface area (Å²) in [7, 11) is 1.50. The van der Waals surface area contributed by atoms with Crippen LogP contribution in [-0.4, -0.2) is 25.5 Å². The van der Waals surface area contributed by atoms with Crippen LogP contribution in [0.1, 0.15) is 13.8 Å². The monoisotopic (exact) mass is 293 g/mol. The summed E-state index contributed by atoms with van der Waals surface area (Å²) in [6.45, 7) is 3.55. The highest BCUT2D eigenvalue weighted by molar-refractivity contribution is 8.13. The van der Waals surface area contributed by atoms with Gasteiger partial charge in [0, 0.05) is 10.7 Å². The van der Waals surface area contributed by atoms with Crippen LogP contribution in [0.3, 0.4) is 0 Å². The zero-order valence-electron chi connectivity index (χ0n) is 10.1. The van der Waals surface area contributed by atoms with E-state index in [1.54, 1.807) is 32.0 Å². The Hall–Kier alpha value is -1.11. The van der Waals surface area contributed by atoms with Gasteiger partial charge < -0.3 is 10.8 Å². The number of halogens is 1. The van der Waals surface area contributed by atoms with Gasteiger partial charge in [0.05, 0.1) is 4.90 Å². The van der Waals surface area contributed by atoms with Crippen molar-refractivity contribution >= 4 is 25.7 Å². The average Bonchev–Trinajstić information content (AvgIpc) is 2.28. The number of hydrogen-bond donors (Lipinski definition) is 2. The van der Waals surface area contributed by atoms with Crippen molar-refractivity contribution in [1.29, 1.82) is 0 Å². The highest BCUT2D eigenvalue weighted by Crippen LogP contribution is 2.12.